The minimum atomic E-state index is -1.25. The first-order chi connectivity index (χ1) is 9.62. The van der Waals surface area contributed by atoms with Crippen molar-refractivity contribution in [2.75, 3.05) is 13.2 Å². The van der Waals surface area contributed by atoms with Gasteiger partial charge in [0.15, 0.2) is 11.5 Å². The van der Waals surface area contributed by atoms with Crippen molar-refractivity contribution in [3.63, 3.8) is 0 Å². The lowest BCUT2D eigenvalue weighted by atomic mass is 10.1. The van der Waals surface area contributed by atoms with Crippen LogP contribution in [0.4, 0.5) is 0 Å². The van der Waals surface area contributed by atoms with Crippen LogP contribution in [0, 0.1) is 11.3 Å². The summed E-state index contributed by atoms with van der Waals surface area (Å²) in [5.41, 5.74) is 0.255. The van der Waals surface area contributed by atoms with Gasteiger partial charge in [-0.1, -0.05) is 13.0 Å². The quantitative estimate of drug-likeness (QED) is 0.611. The van der Waals surface area contributed by atoms with Crippen LogP contribution in [-0.4, -0.2) is 24.3 Å². The first-order valence-corrected chi connectivity index (χ1v) is 6.37. The average molecular weight is 275 g/mol. The molecule has 0 saturated carbocycles. The summed E-state index contributed by atoms with van der Waals surface area (Å²) in [6, 6.07) is 6.70. The van der Waals surface area contributed by atoms with Crippen LogP contribution in [0.25, 0.3) is 6.08 Å². The Hall–Kier alpha value is -2.48. The molecular formula is C15H17NO4. The molecule has 5 nitrogen and oxygen atoms in total. The third-order valence-corrected chi connectivity index (χ3v) is 2.39. The maximum absolute atomic E-state index is 10.8. The second-order valence-electron chi connectivity index (χ2n) is 3.96. The van der Waals surface area contributed by atoms with Gasteiger partial charge in [0.25, 0.3) is 0 Å². The zero-order valence-electron chi connectivity index (χ0n) is 11.5. The van der Waals surface area contributed by atoms with Gasteiger partial charge in [0, 0.05) is 0 Å². The first-order valence-electron chi connectivity index (χ1n) is 6.37. The minimum Gasteiger partial charge on any atom is -0.490 e. The second-order valence-corrected chi connectivity index (χ2v) is 3.96. The standard InChI is InChI=1S/C15H17NO4/c1-3-7-20-13-6-5-11(9-14(13)19-4-2)8-12(10-16)15(17)18/h5-6,8-9H,3-4,7H2,1-2H3,(H,17,18). The number of carboxylic acid groups (broad SMARTS) is 1. The average Bonchev–Trinajstić information content (AvgIpc) is 2.43. The molecule has 0 aliphatic heterocycles. The number of hydrogen-bond acceptors (Lipinski definition) is 4. The summed E-state index contributed by atoms with van der Waals surface area (Å²) in [5.74, 6) is -0.103. The summed E-state index contributed by atoms with van der Waals surface area (Å²) in [5, 5.41) is 17.6. The normalized spacial score (nSPS) is 10.8. The van der Waals surface area contributed by atoms with Crippen molar-refractivity contribution in [3.05, 3.63) is 29.3 Å². The maximum Gasteiger partial charge on any atom is 0.346 e. The summed E-state index contributed by atoms with van der Waals surface area (Å²) < 4.78 is 11.0. The van der Waals surface area contributed by atoms with Gasteiger partial charge in [-0.05, 0) is 37.1 Å². The van der Waals surface area contributed by atoms with Crippen LogP contribution in [0.5, 0.6) is 11.5 Å². The number of carboxylic acids is 1. The highest BCUT2D eigenvalue weighted by Crippen LogP contribution is 2.29. The van der Waals surface area contributed by atoms with Crippen LogP contribution in [-0.2, 0) is 4.79 Å². The number of benzene rings is 1. The Morgan fingerprint density at radius 1 is 1.35 bits per heavy atom. The summed E-state index contributed by atoms with van der Waals surface area (Å²) in [6.07, 6.45) is 2.18. The van der Waals surface area contributed by atoms with Gasteiger partial charge in [0.2, 0.25) is 0 Å². The fourth-order valence-electron chi connectivity index (χ4n) is 1.52. The fourth-order valence-corrected chi connectivity index (χ4v) is 1.52. The van der Waals surface area contributed by atoms with Gasteiger partial charge in [0.05, 0.1) is 13.2 Å². The predicted octanol–water partition coefficient (Wildman–Crippen LogP) is 2.87. The molecule has 0 aliphatic rings. The van der Waals surface area contributed by atoms with E-state index in [1.54, 1.807) is 24.3 Å². The molecule has 1 aromatic carbocycles. The Balaban J connectivity index is 3.09. The molecular weight excluding hydrogens is 258 g/mol. The third kappa shape index (κ3) is 4.32. The zero-order chi connectivity index (χ0) is 15.0. The van der Waals surface area contributed by atoms with Gasteiger partial charge >= 0.3 is 5.97 Å². The number of nitriles is 1. The van der Waals surface area contributed by atoms with Gasteiger partial charge < -0.3 is 14.6 Å². The molecule has 0 radical (unpaired) electrons. The van der Waals surface area contributed by atoms with Crippen molar-refractivity contribution < 1.29 is 19.4 Å². The van der Waals surface area contributed by atoms with Crippen molar-refractivity contribution in [1.29, 1.82) is 5.26 Å². The molecule has 1 N–H and O–H groups in total. The van der Waals surface area contributed by atoms with E-state index in [1.165, 1.54) is 6.08 Å². The molecule has 106 valence electrons. The molecule has 0 fully saturated rings. The molecule has 5 heteroatoms. The molecule has 20 heavy (non-hydrogen) atoms. The lowest BCUT2D eigenvalue weighted by Gasteiger charge is -2.12. The van der Waals surface area contributed by atoms with Gasteiger partial charge in [-0.15, -0.1) is 0 Å². The summed E-state index contributed by atoms with van der Waals surface area (Å²) in [4.78, 5) is 10.8. The molecule has 0 heterocycles. The highest BCUT2D eigenvalue weighted by Gasteiger charge is 2.09. The molecule has 0 spiro atoms. The van der Waals surface area contributed by atoms with Crippen LogP contribution in [0.2, 0.25) is 0 Å². The summed E-state index contributed by atoms with van der Waals surface area (Å²) in [7, 11) is 0. The molecule has 0 bridgehead atoms. The van der Waals surface area contributed by atoms with Crippen LogP contribution in [0.15, 0.2) is 23.8 Å². The van der Waals surface area contributed by atoms with Gasteiger partial charge in [-0.3, -0.25) is 0 Å². The van der Waals surface area contributed by atoms with Crippen molar-refractivity contribution in [2.24, 2.45) is 0 Å². The Bertz CT molecular complexity index is 543. The van der Waals surface area contributed by atoms with Crippen LogP contribution in [0.1, 0.15) is 25.8 Å². The largest absolute Gasteiger partial charge is 0.490 e. The molecule has 0 aliphatic carbocycles. The summed E-state index contributed by atoms with van der Waals surface area (Å²) >= 11 is 0. The van der Waals surface area contributed by atoms with Crippen molar-refractivity contribution in [3.8, 4) is 17.6 Å². The number of hydrogen-bond donors (Lipinski definition) is 1. The van der Waals surface area contributed by atoms with Gasteiger partial charge in [0.1, 0.15) is 11.6 Å². The molecule has 0 saturated heterocycles. The first kappa shape index (κ1) is 15.6. The third-order valence-electron chi connectivity index (χ3n) is 2.39. The SMILES string of the molecule is CCCOc1ccc(C=C(C#N)C(=O)O)cc1OCC. The Kier molecular flexibility index (Phi) is 6.11. The zero-order valence-corrected chi connectivity index (χ0v) is 11.5. The highest BCUT2D eigenvalue weighted by atomic mass is 16.5. The fraction of sp³-hybridized carbons (Fsp3) is 0.333. The topological polar surface area (TPSA) is 79.5 Å². The molecule has 1 aromatic rings. The number of carbonyl (C=O) groups is 1. The van der Waals surface area contributed by atoms with E-state index in [2.05, 4.69) is 0 Å². The van der Waals surface area contributed by atoms with E-state index in [4.69, 9.17) is 19.8 Å². The van der Waals surface area contributed by atoms with Gasteiger partial charge in [-0.25, -0.2) is 4.79 Å². The van der Waals surface area contributed by atoms with E-state index < -0.39 is 5.97 Å². The number of nitrogens with zero attached hydrogens (tertiary/aromatic N) is 1. The van der Waals surface area contributed by atoms with E-state index in [9.17, 15) is 4.79 Å². The van der Waals surface area contributed by atoms with Crippen molar-refractivity contribution in [2.45, 2.75) is 20.3 Å². The number of aliphatic carboxylic acids is 1. The van der Waals surface area contributed by atoms with Crippen LogP contribution < -0.4 is 9.47 Å². The van der Waals surface area contributed by atoms with E-state index in [0.717, 1.165) is 6.42 Å². The van der Waals surface area contributed by atoms with E-state index >= 15 is 0 Å². The number of ether oxygens (including phenoxy) is 2. The molecule has 0 amide bonds. The lowest BCUT2D eigenvalue weighted by molar-refractivity contribution is -0.132. The Morgan fingerprint density at radius 3 is 2.65 bits per heavy atom. The summed E-state index contributed by atoms with van der Waals surface area (Å²) in [6.45, 7) is 4.90. The highest BCUT2D eigenvalue weighted by molar-refractivity contribution is 5.96. The van der Waals surface area contributed by atoms with E-state index in [1.807, 2.05) is 13.8 Å². The van der Waals surface area contributed by atoms with Crippen molar-refractivity contribution in [1.82, 2.24) is 0 Å². The molecule has 0 unspecified atom stereocenters. The Morgan fingerprint density at radius 2 is 2.10 bits per heavy atom. The maximum atomic E-state index is 10.8. The van der Waals surface area contributed by atoms with Crippen molar-refractivity contribution >= 4 is 12.0 Å². The smallest absolute Gasteiger partial charge is 0.346 e. The minimum absolute atomic E-state index is 0.324. The van der Waals surface area contributed by atoms with E-state index in [0.29, 0.717) is 30.3 Å². The van der Waals surface area contributed by atoms with Crippen LogP contribution in [0.3, 0.4) is 0 Å². The Labute approximate surface area is 118 Å². The van der Waals surface area contributed by atoms with Gasteiger partial charge in [-0.2, -0.15) is 5.26 Å². The van der Waals surface area contributed by atoms with Crippen LogP contribution >= 0.6 is 0 Å². The number of rotatable bonds is 7. The predicted molar refractivity (Wildman–Crippen MR) is 74.6 cm³/mol. The molecule has 0 aromatic heterocycles. The monoisotopic (exact) mass is 275 g/mol. The second kappa shape index (κ2) is 7.85. The van der Waals surface area contributed by atoms with E-state index in [-0.39, 0.29) is 5.57 Å². The lowest BCUT2D eigenvalue weighted by Crippen LogP contribution is -2.01. The molecule has 1 rings (SSSR count). The molecule has 0 atom stereocenters.